The fourth-order valence-electron chi connectivity index (χ4n) is 3.46. The smallest absolute Gasteiger partial charge is 0.272 e. The Bertz CT molecular complexity index is 871. The number of nitrogens with zero attached hydrogens (tertiary/aromatic N) is 4. The molecule has 0 N–H and O–H groups in total. The molecule has 0 radical (unpaired) electrons. The van der Waals surface area contributed by atoms with Crippen molar-refractivity contribution < 1.29 is 13.3 Å². The van der Waals surface area contributed by atoms with Gasteiger partial charge in [0.15, 0.2) is 0 Å². The minimum absolute atomic E-state index is 0.0843. The van der Waals surface area contributed by atoms with Crippen LogP contribution in [0.15, 0.2) is 17.0 Å². The Balaban J connectivity index is 2.65. The number of non-ortho nitro benzene ring substituents is 1. The van der Waals surface area contributed by atoms with Crippen LogP contribution >= 0.6 is 15.9 Å². The Morgan fingerprint density at radius 1 is 1.24 bits per heavy atom. The van der Waals surface area contributed by atoms with Gasteiger partial charge in [0.05, 0.1) is 16.2 Å². The molecule has 1 heterocycles. The molecule has 1 saturated heterocycles. The number of sulfonamides is 1. The van der Waals surface area contributed by atoms with Gasteiger partial charge in [-0.15, -0.1) is 6.42 Å². The average molecular weight is 487 g/mol. The van der Waals surface area contributed by atoms with Crippen LogP contribution in [0.3, 0.4) is 0 Å². The van der Waals surface area contributed by atoms with Crippen LogP contribution < -0.4 is 4.90 Å². The molecule has 0 spiro atoms. The van der Waals surface area contributed by atoms with Gasteiger partial charge in [0, 0.05) is 56.7 Å². The topological polar surface area (TPSA) is 87.0 Å². The van der Waals surface area contributed by atoms with E-state index in [9.17, 15) is 18.5 Å². The molecule has 0 aromatic heterocycles. The van der Waals surface area contributed by atoms with Crippen molar-refractivity contribution in [1.82, 2.24) is 9.21 Å². The molecule has 1 fully saturated rings. The number of piperazine rings is 1. The van der Waals surface area contributed by atoms with E-state index in [1.807, 2.05) is 18.7 Å². The molecule has 29 heavy (non-hydrogen) atoms. The summed E-state index contributed by atoms with van der Waals surface area (Å²) in [6.45, 7) is 7.94. The maximum absolute atomic E-state index is 13.5. The molecule has 0 amide bonds. The summed E-state index contributed by atoms with van der Waals surface area (Å²) in [6.07, 6.45) is 6.43. The summed E-state index contributed by atoms with van der Waals surface area (Å²) in [7, 11) is -3.94. The number of halogens is 1. The third-order valence-corrected chi connectivity index (χ3v) is 7.25. The number of hydrogen-bond acceptors (Lipinski definition) is 6. The third-order valence-electron chi connectivity index (χ3n) is 4.99. The Kier molecular flexibility index (Phi) is 8.46. The van der Waals surface area contributed by atoms with E-state index in [0.717, 1.165) is 19.0 Å². The van der Waals surface area contributed by atoms with E-state index < -0.39 is 14.9 Å². The SMILES string of the molecule is C#Cc1cc([N+](=O)[O-])cc(S(=O)(=O)N2CCN(CC)CC2)c1N(CCC)CCBr. The predicted octanol–water partition coefficient (Wildman–Crippen LogP) is 2.51. The normalized spacial score (nSPS) is 15.8. The lowest BCUT2D eigenvalue weighted by Gasteiger charge is -2.34. The van der Waals surface area contributed by atoms with Crippen LogP contribution in [0.2, 0.25) is 0 Å². The minimum atomic E-state index is -3.94. The Morgan fingerprint density at radius 2 is 1.90 bits per heavy atom. The standard InChI is InChI=1S/C19H27BrN4O4S/c1-4-8-22(9-7-20)19-16(5-2)14-17(24(25)26)15-18(19)29(27,28)23-12-10-21(6-3)11-13-23/h2,14-15H,4,6-13H2,1,3H3. The van der Waals surface area contributed by atoms with Crippen LogP contribution in [-0.2, 0) is 10.0 Å². The maximum atomic E-state index is 13.5. The summed E-state index contributed by atoms with van der Waals surface area (Å²) in [4.78, 5) is 14.8. The lowest BCUT2D eigenvalue weighted by molar-refractivity contribution is -0.385. The Morgan fingerprint density at radius 3 is 2.38 bits per heavy atom. The second-order valence-corrected chi connectivity index (χ2v) is 9.46. The van der Waals surface area contributed by atoms with Crippen LogP contribution in [0.4, 0.5) is 11.4 Å². The molecule has 1 aromatic carbocycles. The van der Waals surface area contributed by atoms with Gasteiger partial charge in [-0.05, 0) is 13.0 Å². The van der Waals surface area contributed by atoms with Gasteiger partial charge >= 0.3 is 0 Å². The second kappa shape index (κ2) is 10.4. The first-order valence-electron chi connectivity index (χ1n) is 9.62. The summed E-state index contributed by atoms with van der Waals surface area (Å²) >= 11 is 3.40. The monoisotopic (exact) mass is 486 g/mol. The van der Waals surface area contributed by atoms with Gasteiger partial charge in [-0.1, -0.05) is 35.7 Å². The summed E-state index contributed by atoms with van der Waals surface area (Å²) in [5, 5.41) is 12.1. The van der Waals surface area contributed by atoms with Crippen molar-refractivity contribution in [2.45, 2.75) is 25.2 Å². The van der Waals surface area contributed by atoms with Crippen molar-refractivity contribution in [3.8, 4) is 12.3 Å². The quantitative estimate of drug-likeness (QED) is 0.230. The first-order chi connectivity index (χ1) is 13.8. The molecular formula is C19H27BrN4O4S. The molecule has 0 aliphatic carbocycles. The van der Waals surface area contributed by atoms with Crippen molar-refractivity contribution in [2.24, 2.45) is 0 Å². The van der Waals surface area contributed by atoms with Gasteiger partial charge in [-0.25, -0.2) is 8.42 Å². The summed E-state index contributed by atoms with van der Waals surface area (Å²) in [5.41, 5.74) is 0.277. The number of nitro groups is 1. The summed E-state index contributed by atoms with van der Waals surface area (Å²) in [6, 6.07) is 2.43. The third kappa shape index (κ3) is 5.28. The molecule has 0 bridgehead atoms. The number of benzene rings is 1. The fraction of sp³-hybridized carbons (Fsp3) is 0.579. The van der Waals surface area contributed by atoms with Gasteiger partial charge in [-0.2, -0.15) is 4.31 Å². The fourth-order valence-corrected chi connectivity index (χ4v) is 5.57. The molecule has 0 unspecified atom stereocenters. The van der Waals surface area contributed by atoms with Crippen molar-refractivity contribution in [1.29, 1.82) is 0 Å². The van der Waals surface area contributed by atoms with Gasteiger partial charge in [0.1, 0.15) is 4.90 Å². The van der Waals surface area contributed by atoms with Crippen LogP contribution in [-0.4, -0.2) is 73.7 Å². The first-order valence-corrected chi connectivity index (χ1v) is 12.2. The number of likely N-dealkylation sites (N-methyl/N-ethyl adjacent to an activating group) is 1. The summed E-state index contributed by atoms with van der Waals surface area (Å²) < 4.78 is 28.5. The highest BCUT2D eigenvalue weighted by molar-refractivity contribution is 9.09. The van der Waals surface area contributed by atoms with Gasteiger partial charge in [-0.3, -0.25) is 10.1 Å². The molecule has 1 aliphatic rings. The van der Waals surface area contributed by atoms with Crippen molar-refractivity contribution >= 4 is 37.3 Å². The summed E-state index contributed by atoms with van der Waals surface area (Å²) in [5.74, 6) is 2.47. The highest BCUT2D eigenvalue weighted by Gasteiger charge is 2.34. The number of anilines is 1. The zero-order chi connectivity index (χ0) is 21.6. The number of alkyl halides is 1. The van der Waals surface area contributed by atoms with E-state index in [-0.39, 0.29) is 16.1 Å². The Labute approximate surface area is 181 Å². The van der Waals surface area contributed by atoms with E-state index in [4.69, 9.17) is 6.42 Å². The zero-order valence-corrected chi connectivity index (χ0v) is 19.2. The van der Waals surface area contributed by atoms with Crippen LogP contribution in [0.1, 0.15) is 25.8 Å². The van der Waals surface area contributed by atoms with Crippen LogP contribution in [0.5, 0.6) is 0 Å². The second-order valence-electron chi connectivity index (χ2n) is 6.76. The minimum Gasteiger partial charge on any atom is -0.369 e. The highest BCUT2D eigenvalue weighted by atomic mass is 79.9. The molecular weight excluding hydrogens is 460 g/mol. The number of hydrogen-bond donors (Lipinski definition) is 0. The number of rotatable bonds is 9. The first kappa shape index (κ1) is 23.6. The van der Waals surface area contributed by atoms with Gasteiger partial charge < -0.3 is 9.80 Å². The van der Waals surface area contributed by atoms with E-state index in [0.29, 0.717) is 50.3 Å². The lowest BCUT2D eigenvalue weighted by Crippen LogP contribution is -2.48. The molecule has 0 saturated carbocycles. The van der Waals surface area contributed by atoms with Crippen LogP contribution in [0.25, 0.3) is 0 Å². The molecule has 8 nitrogen and oxygen atoms in total. The van der Waals surface area contributed by atoms with E-state index >= 15 is 0 Å². The van der Waals surface area contributed by atoms with Crippen molar-refractivity contribution in [2.75, 3.05) is 56.0 Å². The van der Waals surface area contributed by atoms with Gasteiger partial charge in [0.2, 0.25) is 10.0 Å². The number of terminal acetylenes is 1. The van der Waals surface area contributed by atoms with E-state index in [1.165, 1.54) is 10.4 Å². The van der Waals surface area contributed by atoms with Crippen molar-refractivity contribution in [3.63, 3.8) is 0 Å². The number of nitro benzene ring substituents is 1. The average Bonchev–Trinajstić information content (AvgIpc) is 2.72. The molecule has 2 rings (SSSR count). The molecule has 0 atom stereocenters. The molecule has 10 heteroatoms. The van der Waals surface area contributed by atoms with Crippen molar-refractivity contribution in [3.05, 3.63) is 27.8 Å². The molecule has 160 valence electrons. The molecule has 1 aliphatic heterocycles. The highest BCUT2D eigenvalue weighted by Crippen LogP contribution is 2.35. The zero-order valence-electron chi connectivity index (χ0n) is 16.8. The Hall–Kier alpha value is -1.67. The lowest BCUT2D eigenvalue weighted by atomic mass is 10.1. The van der Waals surface area contributed by atoms with E-state index in [2.05, 4.69) is 26.8 Å². The predicted molar refractivity (Wildman–Crippen MR) is 118 cm³/mol. The van der Waals surface area contributed by atoms with E-state index in [1.54, 1.807) is 0 Å². The molecule has 1 aromatic rings. The largest absolute Gasteiger partial charge is 0.369 e. The van der Waals surface area contributed by atoms with Crippen LogP contribution in [0, 0.1) is 22.5 Å². The maximum Gasteiger partial charge on any atom is 0.272 e. The van der Waals surface area contributed by atoms with Gasteiger partial charge in [0.25, 0.3) is 5.69 Å².